The highest BCUT2D eigenvalue weighted by molar-refractivity contribution is 5.69. The molecule has 0 aromatic rings. The first-order valence-electron chi connectivity index (χ1n) is 3.71. The molecule has 0 aromatic carbocycles. The summed E-state index contributed by atoms with van der Waals surface area (Å²) in [6.07, 6.45) is 0.947. The van der Waals surface area contributed by atoms with Gasteiger partial charge in [-0.3, -0.25) is 4.79 Å². The minimum atomic E-state index is -0.383. The molecule has 0 aliphatic rings. The minimum absolute atomic E-state index is 0.195. The van der Waals surface area contributed by atoms with Gasteiger partial charge in [-0.25, -0.2) is 0 Å². The van der Waals surface area contributed by atoms with Crippen molar-refractivity contribution in [3.8, 4) is 0 Å². The molecular weight excluding hydrogens is 142 g/mol. The maximum Gasteiger partial charge on any atom is 0.306 e. The smallest absolute Gasteiger partial charge is 0.306 e. The summed E-state index contributed by atoms with van der Waals surface area (Å²) in [6, 6.07) is 0. The molecule has 0 aliphatic carbocycles. The topological polar surface area (TPSA) is 52.3 Å². The third-order valence-corrected chi connectivity index (χ3v) is 0.935. The van der Waals surface area contributed by atoms with E-state index in [1.165, 1.54) is 6.54 Å². The van der Waals surface area contributed by atoms with Crippen molar-refractivity contribution in [2.75, 3.05) is 0 Å². The Hall–Kier alpha value is -0.570. The normalized spacial score (nSPS) is 11.3. The molecule has 0 bridgehead atoms. The third kappa shape index (κ3) is 7.33. The highest BCUT2D eigenvalue weighted by Gasteiger charge is 2.15. The molecule has 3 nitrogen and oxygen atoms in total. The van der Waals surface area contributed by atoms with Crippen LogP contribution in [0.3, 0.4) is 0 Å². The average Bonchev–Trinajstić information content (AvgIpc) is 1.79. The number of ether oxygens (including phenoxy) is 1. The lowest BCUT2D eigenvalue weighted by molar-refractivity contribution is -0.154. The maximum atomic E-state index is 10.9. The van der Waals surface area contributed by atoms with Gasteiger partial charge in [0.2, 0.25) is 0 Å². The fraction of sp³-hybridized carbons (Fsp3) is 0.750. The quantitative estimate of drug-likeness (QED) is 0.628. The van der Waals surface area contributed by atoms with Crippen LogP contribution in [0.4, 0.5) is 0 Å². The van der Waals surface area contributed by atoms with Crippen LogP contribution in [0.25, 0.3) is 0 Å². The lowest BCUT2D eigenvalue weighted by atomic mass is 10.2. The SMILES string of the molecule is CC(C)(C)OC(=O)CC[CH]N. The Morgan fingerprint density at radius 2 is 2.09 bits per heavy atom. The van der Waals surface area contributed by atoms with Gasteiger partial charge in [0, 0.05) is 13.0 Å². The van der Waals surface area contributed by atoms with Gasteiger partial charge in [0.05, 0.1) is 0 Å². The Morgan fingerprint density at radius 3 is 2.45 bits per heavy atom. The van der Waals surface area contributed by atoms with E-state index >= 15 is 0 Å². The van der Waals surface area contributed by atoms with Gasteiger partial charge < -0.3 is 10.5 Å². The molecule has 0 aliphatic heterocycles. The molecule has 0 saturated carbocycles. The van der Waals surface area contributed by atoms with Gasteiger partial charge in [-0.2, -0.15) is 0 Å². The molecule has 1 radical (unpaired) electrons. The summed E-state index contributed by atoms with van der Waals surface area (Å²) in [4.78, 5) is 10.9. The fourth-order valence-corrected chi connectivity index (χ4v) is 0.594. The highest BCUT2D eigenvalue weighted by Crippen LogP contribution is 2.08. The van der Waals surface area contributed by atoms with Gasteiger partial charge in [-0.05, 0) is 27.2 Å². The molecule has 65 valence electrons. The van der Waals surface area contributed by atoms with Crippen LogP contribution in [0, 0.1) is 6.54 Å². The number of esters is 1. The van der Waals surface area contributed by atoms with Crippen LogP contribution in [0.5, 0.6) is 0 Å². The van der Waals surface area contributed by atoms with Crippen LogP contribution in [-0.4, -0.2) is 11.6 Å². The Labute approximate surface area is 67.9 Å². The summed E-state index contributed by atoms with van der Waals surface area (Å²) in [5.74, 6) is -0.195. The standard InChI is InChI=1S/C8H16NO2/c1-8(2,3)11-7(10)5-4-6-9/h6H,4-5,9H2,1-3H3. The molecule has 0 saturated heterocycles. The number of carbonyl (C=O) groups is 1. The summed E-state index contributed by atoms with van der Waals surface area (Å²) in [6.45, 7) is 7.00. The van der Waals surface area contributed by atoms with Crippen molar-refractivity contribution < 1.29 is 9.53 Å². The van der Waals surface area contributed by atoms with Crippen LogP contribution < -0.4 is 5.73 Å². The number of nitrogens with two attached hydrogens (primary N) is 1. The van der Waals surface area contributed by atoms with Crippen LogP contribution in [0.2, 0.25) is 0 Å². The molecule has 0 aromatic heterocycles. The van der Waals surface area contributed by atoms with Crippen molar-refractivity contribution in [1.29, 1.82) is 0 Å². The Morgan fingerprint density at radius 1 is 1.55 bits per heavy atom. The summed E-state index contributed by atoms with van der Waals surface area (Å²) < 4.78 is 5.03. The first-order chi connectivity index (χ1) is 4.95. The van der Waals surface area contributed by atoms with Gasteiger partial charge >= 0.3 is 5.97 Å². The molecular formula is C8H16NO2. The second kappa shape index (κ2) is 4.34. The first kappa shape index (κ1) is 10.4. The lowest BCUT2D eigenvalue weighted by Gasteiger charge is -2.19. The zero-order chi connectivity index (χ0) is 8.91. The minimum Gasteiger partial charge on any atom is -0.460 e. The molecule has 0 rings (SSSR count). The van der Waals surface area contributed by atoms with Crippen LogP contribution in [-0.2, 0) is 9.53 Å². The van der Waals surface area contributed by atoms with Crippen molar-refractivity contribution in [2.24, 2.45) is 5.73 Å². The van der Waals surface area contributed by atoms with E-state index in [9.17, 15) is 4.79 Å². The second-order valence-corrected chi connectivity index (χ2v) is 3.36. The molecule has 0 unspecified atom stereocenters. The lowest BCUT2D eigenvalue weighted by Crippen LogP contribution is -2.23. The fourth-order valence-electron chi connectivity index (χ4n) is 0.594. The molecule has 0 amide bonds. The van der Waals surface area contributed by atoms with Crippen LogP contribution >= 0.6 is 0 Å². The number of hydrogen-bond donors (Lipinski definition) is 1. The number of carbonyl (C=O) groups excluding carboxylic acids is 1. The molecule has 11 heavy (non-hydrogen) atoms. The summed E-state index contributed by atoms with van der Waals surface area (Å²) in [5, 5.41) is 0. The van der Waals surface area contributed by atoms with Crippen molar-refractivity contribution >= 4 is 5.97 Å². The van der Waals surface area contributed by atoms with E-state index < -0.39 is 0 Å². The molecule has 0 heterocycles. The third-order valence-electron chi connectivity index (χ3n) is 0.935. The van der Waals surface area contributed by atoms with E-state index in [0.29, 0.717) is 12.8 Å². The van der Waals surface area contributed by atoms with Crippen molar-refractivity contribution in [1.82, 2.24) is 0 Å². The molecule has 0 atom stereocenters. The second-order valence-electron chi connectivity index (χ2n) is 3.36. The number of rotatable bonds is 3. The maximum absolute atomic E-state index is 10.9. The van der Waals surface area contributed by atoms with Crippen molar-refractivity contribution in [3.63, 3.8) is 0 Å². The van der Waals surface area contributed by atoms with Gasteiger partial charge in [0.15, 0.2) is 0 Å². The summed E-state index contributed by atoms with van der Waals surface area (Å²) in [7, 11) is 0. The van der Waals surface area contributed by atoms with E-state index in [0.717, 1.165) is 0 Å². The Bertz CT molecular complexity index is 127. The summed E-state index contributed by atoms with van der Waals surface area (Å²) in [5.41, 5.74) is 4.72. The Balaban J connectivity index is 3.53. The van der Waals surface area contributed by atoms with Gasteiger partial charge in [-0.1, -0.05) is 0 Å². The molecule has 3 heteroatoms. The van der Waals surface area contributed by atoms with E-state index in [-0.39, 0.29) is 11.6 Å². The number of hydrogen-bond acceptors (Lipinski definition) is 3. The Kier molecular flexibility index (Phi) is 4.11. The van der Waals surface area contributed by atoms with E-state index in [2.05, 4.69) is 0 Å². The largest absolute Gasteiger partial charge is 0.460 e. The van der Waals surface area contributed by atoms with Crippen LogP contribution in [0.15, 0.2) is 0 Å². The van der Waals surface area contributed by atoms with Gasteiger partial charge in [0.1, 0.15) is 5.60 Å². The van der Waals surface area contributed by atoms with Crippen molar-refractivity contribution in [2.45, 2.75) is 39.2 Å². The highest BCUT2D eigenvalue weighted by atomic mass is 16.6. The summed E-state index contributed by atoms with van der Waals surface area (Å²) >= 11 is 0. The van der Waals surface area contributed by atoms with Gasteiger partial charge in [0.25, 0.3) is 0 Å². The predicted molar refractivity (Wildman–Crippen MR) is 43.6 cm³/mol. The molecule has 2 N–H and O–H groups in total. The zero-order valence-electron chi connectivity index (χ0n) is 7.39. The predicted octanol–water partition coefficient (Wildman–Crippen LogP) is 1.23. The monoisotopic (exact) mass is 158 g/mol. The van der Waals surface area contributed by atoms with E-state index in [1.54, 1.807) is 0 Å². The molecule has 0 spiro atoms. The average molecular weight is 158 g/mol. The van der Waals surface area contributed by atoms with Crippen LogP contribution in [0.1, 0.15) is 33.6 Å². The van der Waals surface area contributed by atoms with Crippen molar-refractivity contribution in [3.05, 3.63) is 6.54 Å². The van der Waals surface area contributed by atoms with E-state index in [1.807, 2.05) is 20.8 Å². The zero-order valence-corrected chi connectivity index (χ0v) is 7.39. The van der Waals surface area contributed by atoms with Gasteiger partial charge in [-0.15, -0.1) is 0 Å². The first-order valence-corrected chi connectivity index (χ1v) is 3.71. The van der Waals surface area contributed by atoms with E-state index in [4.69, 9.17) is 10.5 Å². The molecule has 0 fully saturated rings.